The highest BCUT2D eigenvalue weighted by molar-refractivity contribution is 7.99. The van der Waals surface area contributed by atoms with E-state index in [1.54, 1.807) is 0 Å². The maximum atomic E-state index is 12.6. The molecule has 1 saturated carbocycles. The van der Waals surface area contributed by atoms with E-state index in [0.717, 1.165) is 23.7 Å². The van der Waals surface area contributed by atoms with Crippen LogP contribution in [0.15, 0.2) is 30.3 Å². The average molecular weight is 290 g/mol. The van der Waals surface area contributed by atoms with Gasteiger partial charge in [0.1, 0.15) is 6.04 Å². The van der Waals surface area contributed by atoms with Crippen LogP contribution in [0.3, 0.4) is 0 Å². The second kappa shape index (κ2) is 6.19. The number of rotatable bonds is 4. The van der Waals surface area contributed by atoms with E-state index in [1.807, 2.05) is 42.1 Å². The normalized spacial score (nSPS) is 30.1. The fourth-order valence-corrected chi connectivity index (χ4v) is 4.46. The van der Waals surface area contributed by atoms with Crippen LogP contribution in [0.25, 0.3) is 0 Å². The Hall–Kier alpha value is -1.00. The summed E-state index contributed by atoms with van der Waals surface area (Å²) in [5.74, 6) is 1.43. The molecule has 1 aromatic rings. The summed E-state index contributed by atoms with van der Waals surface area (Å²) < 4.78 is 0. The van der Waals surface area contributed by atoms with Gasteiger partial charge in [-0.15, -0.1) is 0 Å². The third-order valence-corrected chi connectivity index (χ3v) is 5.56. The topological polar surface area (TPSA) is 32.3 Å². The van der Waals surface area contributed by atoms with Crippen LogP contribution in [0.1, 0.15) is 37.8 Å². The third kappa shape index (κ3) is 2.72. The van der Waals surface area contributed by atoms with Gasteiger partial charge in [0.15, 0.2) is 0 Å². The zero-order valence-corrected chi connectivity index (χ0v) is 12.7. The lowest BCUT2D eigenvalue weighted by Crippen LogP contribution is -2.36. The second-order valence-electron chi connectivity index (χ2n) is 5.56. The predicted molar refractivity (Wildman–Crippen MR) is 83.6 cm³/mol. The Balaban J connectivity index is 1.65. The molecule has 0 spiro atoms. The van der Waals surface area contributed by atoms with E-state index in [1.165, 1.54) is 12.2 Å². The van der Waals surface area contributed by atoms with Crippen molar-refractivity contribution in [1.82, 2.24) is 10.2 Å². The highest BCUT2D eigenvalue weighted by Crippen LogP contribution is 2.35. The average Bonchev–Trinajstić information content (AvgIpc) is 3.07. The molecule has 0 aromatic heterocycles. The van der Waals surface area contributed by atoms with Gasteiger partial charge in [0, 0.05) is 11.3 Å². The standard InChI is InChI=1S/C16H22N2OS/c1-2-20-14-9-8-13(10-14)18-11-17-15(16(18)19)12-6-4-3-5-7-12/h3-7,13-15,17H,2,8-11H2,1H3. The van der Waals surface area contributed by atoms with Gasteiger partial charge in [0.2, 0.25) is 5.91 Å². The summed E-state index contributed by atoms with van der Waals surface area (Å²) in [4.78, 5) is 14.7. The number of benzene rings is 1. The molecular weight excluding hydrogens is 268 g/mol. The summed E-state index contributed by atoms with van der Waals surface area (Å²) in [6, 6.07) is 10.3. The highest BCUT2D eigenvalue weighted by Gasteiger charge is 2.39. The van der Waals surface area contributed by atoms with E-state index in [2.05, 4.69) is 17.1 Å². The van der Waals surface area contributed by atoms with Crippen molar-refractivity contribution in [3.8, 4) is 0 Å². The van der Waals surface area contributed by atoms with Crippen LogP contribution in [0, 0.1) is 0 Å². The number of hydrogen-bond donors (Lipinski definition) is 1. The van der Waals surface area contributed by atoms with Crippen LogP contribution in [0.4, 0.5) is 0 Å². The molecule has 1 saturated heterocycles. The Morgan fingerprint density at radius 3 is 2.85 bits per heavy atom. The Morgan fingerprint density at radius 1 is 1.30 bits per heavy atom. The van der Waals surface area contributed by atoms with Gasteiger partial charge < -0.3 is 4.90 Å². The fraction of sp³-hybridized carbons (Fsp3) is 0.562. The number of hydrogen-bond acceptors (Lipinski definition) is 3. The smallest absolute Gasteiger partial charge is 0.245 e. The first-order valence-corrected chi connectivity index (χ1v) is 8.55. The molecule has 108 valence electrons. The number of nitrogens with zero attached hydrogens (tertiary/aromatic N) is 1. The summed E-state index contributed by atoms with van der Waals surface area (Å²) in [6.07, 6.45) is 3.57. The molecule has 3 unspecified atom stereocenters. The van der Waals surface area contributed by atoms with Crippen molar-refractivity contribution in [3.63, 3.8) is 0 Å². The van der Waals surface area contributed by atoms with Crippen molar-refractivity contribution in [3.05, 3.63) is 35.9 Å². The largest absolute Gasteiger partial charge is 0.325 e. The van der Waals surface area contributed by atoms with Gasteiger partial charge in [-0.25, -0.2) is 0 Å². The van der Waals surface area contributed by atoms with E-state index in [4.69, 9.17) is 0 Å². The third-order valence-electron chi connectivity index (χ3n) is 4.33. The minimum atomic E-state index is -0.144. The molecular formula is C16H22N2OS. The molecule has 2 fully saturated rings. The fourth-order valence-electron chi connectivity index (χ4n) is 3.32. The molecule has 1 aliphatic carbocycles. The molecule has 4 heteroatoms. The molecule has 1 heterocycles. The Bertz CT molecular complexity index is 465. The SMILES string of the molecule is CCSC1CCC(N2CNC(c3ccccc3)C2=O)C1. The zero-order valence-electron chi connectivity index (χ0n) is 11.9. The first kappa shape index (κ1) is 14.0. The van der Waals surface area contributed by atoms with Crippen molar-refractivity contribution < 1.29 is 4.79 Å². The molecule has 3 rings (SSSR count). The van der Waals surface area contributed by atoms with Crippen molar-refractivity contribution in [2.45, 2.75) is 43.5 Å². The van der Waals surface area contributed by atoms with Gasteiger partial charge in [0.25, 0.3) is 0 Å². The predicted octanol–water partition coefficient (Wildman–Crippen LogP) is 2.79. The number of amides is 1. The minimum absolute atomic E-state index is 0.144. The van der Waals surface area contributed by atoms with Crippen LogP contribution in [0.2, 0.25) is 0 Å². The highest BCUT2D eigenvalue weighted by atomic mass is 32.2. The van der Waals surface area contributed by atoms with Gasteiger partial charge in [0.05, 0.1) is 6.67 Å². The number of thioether (sulfide) groups is 1. The lowest BCUT2D eigenvalue weighted by atomic mass is 10.1. The van der Waals surface area contributed by atoms with E-state index in [9.17, 15) is 4.79 Å². The van der Waals surface area contributed by atoms with Gasteiger partial charge in [-0.05, 0) is 30.6 Å². The lowest BCUT2D eigenvalue weighted by molar-refractivity contribution is -0.130. The molecule has 3 nitrogen and oxygen atoms in total. The first-order chi connectivity index (χ1) is 9.79. The van der Waals surface area contributed by atoms with Crippen molar-refractivity contribution in [1.29, 1.82) is 0 Å². The molecule has 3 atom stereocenters. The molecule has 0 bridgehead atoms. The van der Waals surface area contributed by atoms with Crippen LogP contribution in [-0.2, 0) is 4.79 Å². The van der Waals surface area contributed by atoms with E-state index < -0.39 is 0 Å². The molecule has 1 aliphatic heterocycles. The lowest BCUT2D eigenvalue weighted by Gasteiger charge is -2.23. The Kier molecular flexibility index (Phi) is 4.32. The van der Waals surface area contributed by atoms with Gasteiger partial charge in [-0.3, -0.25) is 10.1 Å². The van der Waals surface area contributed by atoms with Crippen LogP contribution < -0.4 is 5.32 Å². The monoisotopic (exact) mass is 290 g/mol. The van der Waals surface area contributed by atoms with E-state index in [-0.39, 0.29) is 11.9 Å². The maximum absolute atomic E-state index is 12.6. The van der Waals surface area contributed by atoms with Crippen molar-refractivity contribution in [2.75, 3.05) is 12.4 Å². The second-order valence-corrected chi connectivity index (χ2v) is 7.14. The molecule has 1 N–H and O–H groups in total. The van der Waals surface area contributed by atoms with E-state index in [0.29, 0.717) is 12.7 Å². The number of carbonyl (C=O) groups excluding carboxylic acids is 1. The van der Waals surface area contributed by atoms with Crippen LogP contribution >= 0.6 is 11.8 Å². The minimum Gasteiger partial charge on any atom is -0.325 e. The molecule has 20 heavy (non-hydrogen) atoms. The summed E-state index contributed by atoms with van der Waals surface area (Å²) in [5.41, 5.74) is 1.08. The molecule has 1 amide bonds. The zero-order chi connectivity index (χ0) is 13.9. The van der Waals surface area contributed by atoms with Gasteiger partial charge >= 0.3 is 0 Å². The Labute approximate surface area is 125 Å². The van der Waals surface area contributed by atoms with Crippen molar-refractivity contribution in [2.24, 2.45) is 0 Å². The number of nitrogens with one attached hydrogen (secondary N) is 1. The molecule has 2 aliphatic rings. The van der Waals surface area contributed by atoms with E-state index >= 15 is 0 Å². The van der Waals surface area contributed by atoms with Crippen LogP contribution in [-0.4, -0.2) is 34.5 Å². The molecule has 0 radical (unpaired) electrons. The van der Waals surface area contributed by atoms with Gasteiger partial charge in [-0.1, -0.05) is 37.3 Å². The van der Waals surface area contributed by atoms with Crippen LogP contribution in [0.5, 0.6) is 0 Å². The maximum Gasteiger partial charge on any atom is 0.245 e. The quantitative estimate of drug-likeness (QED) is 0.925. The Morgan fingerprint density at radius 2 is 2.10 bits per heavy atom. The summed E-state index contributed by atoms with van der Waals surface area (Å²) in [5, 5.41) is 4.11. The molecule has 1 aromatic carbocycles. The summed E-state index contributed by atoms with van der Waals surface area (Å²) in [7, 11) is 0. The number of carbonyl (C=O) groups is 1. The summed E-state index contributed by atoms with van der Waals surface area (Å²) >= 11 is 2.04. The summed E-state index contributed by atoms with van der Waals surface area (Å²) in [6.45, 7) is 2.92. The van der Waals surface area contributed by atoms with Gasteiger partial charge in [-0.2, -0.15) is 11.8 Å². The first-order valence-electron chi connectivity index (χ1n) is 7.50. The van der Waals surface area contributed by atoms with Crippen molar-refractivity contribution >= 4 is 17.7 Å².